The lowest BCUT2D eigenvalue weighted by Crippen LogP contribution is -2.14. The molecule has 0 atom stereocenters. The van der Waals surface area contributed by atoms with E-state index in [1.54, 1.807) is 30.5 Å². The molecule has 2 N–H and O–H groups in total. The van der Waals surface area contributed by atoms with Crippen LogP contribution in [0.25, 0.3) is 0 Å². The predicted octanol–water partition coefficient (Wildman–Crippen LogP) is 2.59. The maximum Gasteiger partial charge on any atom is 0.263 e. The van der Waals surface area contributed by atoms with E-state index >= 15 is 0 Å². The molecule has 0 saturated carbocycles. The van der Waals surface area contributed by atoms with E-state index in [0.717, 1.165) is 11.3 Å². The molecule has 0 radical (unpaired) electrons. The molecule has 3 rings (SSSR count). The molecule has 3 aromatic rings. The average molecular weight is 355 g/mol. The Morgan fingerprint density at radius 3 is 2.44 bits per heavy atom. The second kappa shape index (κ2) is 7.27. The van der Waals surface area contributed by atoms with Crippen LogP contribution in [-0.4, -0.2) is 23.6 Å². The van der Waals surface area contributed by atoms with Gasteiger partial charge in [0.2, 0.25) is 0 Å². The Bertz CT molecular complexity index is 944. The third-order valence-electron chi connectivity index (χ3n) is 3.38. The molecule has 1 aromatic carbocycles. The zero-order valence-electron chi connectivity index (χ0n) is 13.5. The minimum Gasteiger partial charge on any atom is -0.363 e. The summed E-state index contributed by atoms with van der Waals surface area (Å²) in [6.07, 6.45) is 1.71. The van der Waals surface area contributed by atoms with Gasteiger partial charge in [-0.05, 0) is 48.9 Å². The fourth-order valence-corrected chi connectivity index (χ4v) is 3.24. The number of anilines is 2. The van der Waals surface area contributed by atoms with E-state index < -0.39 is 10.0 Å². The van der Waals surface area contributed by atoms with Crippen LogP contribution in [0.4, 0.5) is 11.6 Å². The summed E-state index contributed by atoms with van der Waals surface area (Å²) in [7, 11) is -3.69. The van der Waals surface area contributed by atoms with Crippen molar-refractivity contribution in [2.75, 3.05) is 10.0 Å². The van der Waals surface area contributed by atoms with E-state index in [-0.39, 0.29) is 10.7 Å². The van der Waals surface area contributed by atoms with Crippen molar-refractivity contribution in [3.63, 3.8) is 0 Å². The normalized spacial score (nSPS) is 11.1. The van der Waals surface area contributed by atoms with Crippen LogP contribution in [0.1, 0.15) is 11.3 Å². The summed E-state index contributed by atoms with van der Waals surface area (Å²) < 4.78 is 27.1. The number of rotatable bonds is 6. The lowest BCUT2D eigenvalue weighted by Gasteiger charge is -2.08. The second-order valence-corrected chi connectivity index (χ2v) is 7.08. The summed E-state index contributed by atoms with van der Waals surface area (Å²) in [5.41, 5.74) is 1.73. The second-order valence-electron chi connectivity index (χ2n) is 5.40. The van der Waals surface area contributed by atoms with Crippen LogP contribution in [0.5, 0.6) is 0 Å². The van der Waals surface area contributed by atoms with Gasteiger partial charge in [0.25, 0.3) is 10.0 Å². The van der Waals surface area contributed by atoms with Crippen LogP contribution in [0.2, 0.25) is 0 Å². The lowest BCUT2D eigenvalue weighted by molar-refractivity contribution is 0.601. The largest absolute Gasteiger partial charge is 0.363 e. The highest BCUT2D eigenvalue weighted by Gasteiger charge is 2.15. The van der Waals surface area contributed by atoms with Gasteiger partial charge >= 0.3 is 0 Å². The topological polar surface area (TPSA) is 96.9 Å². The molecular formula is C17H17N5O2S. The number of hydrogen-bond acceptors (Lipinski definition) is 6. The third kappa shape index (κ3) is 4.51. The molecule has 0 aliphatic rings. The first kappa shape index (κ1) is 16.8. The summed E-state index contributed by atoms with van der Waals surface area (Å²) in [5, 5.41) is 11.0. The maximum atomic E-state index is 12.3. The number of nitrogens with zero attached hydrogens (tertiary/aromatic N) is 3. The molecule has 25 heavy (non-hydrogen) atoms. The van der Waals surface area contributed by atoms with Crippen LogP contribution < -0.4 is 10.0 Å². The van der Waals surface area contributed by atoms with E-state index in [2.05, 4.69) is 25.2 Å². The Hall–Kier alpha value is -3.00. The number of benzene rings is 1. The fraction of sp³-hybridized carbons (Fsp3) is 0.118. The quantitative estimate of drug-likeness (QED) is 0.705. The van der Waals surface area contributed by atoms with Crippen LogP contribution in [-0.2, 0) is 16.6 Å². The first-order chi connectivity index (χ1) is 12.0. The molecule has 0 fully saturated rings. The number of hydrogen-bond donors (Lipinski definition) is 2. The predicted molar refractivity (Wildman–Crippen MR) is 95.6 cm³/mol. The molecule has 0 bridgehead atoms. The summed E-state index contributed by atoms with van der Waals surface area (Å²) in [6.45, 7) is 2.34. The summed E-state index contributed by atoms with van der Waals surface area (Å²) >= 11 is 0. The summed E-state index contributed by atoms with van der Waals surface area (Å²) in [5.74, 6) is 0.689. The van der Waals surface area contributed by atoms with Crippen molar-refractivity contribution in [1.29, 1.82) is 0 Å². The van der Waals surface area contributed by atoms with E-state index in [1.807, 2.05) is 31.2 Å². The van der Waals surface area contributed by atoms with Crippen LogP contribution in [0.15, 0.2) is 65.7 Å². The molecule has 0 spiro atoms. The number of aryl methyl sites for hydroxylation is 1. The van der Waals surface area contributed by atoms with Crippen molar-refractivity contribution in [3.05, 3.63) is 72.1 Å². The van der Waals surface area contributed by atoms with Gasteiger partial charge in [-0.1, -0.05) is 18.2 Å². The number of pyridine rings is 1. The van der Waals surface area contributed by atoms with Crippen molar-refractivity contribution in [2.24, 2.45) is 0 Å². The average Bonchev–Trinajstić information content (AvgIpc) is 2.62. The van der Waals surface area contributed by atoms with Gasteiger partial charge < -0.3 is 5.32 Å². The van der Waals surface area contributed by atoms with E-state index in [0.29, 0.717) is 12.4 Å². The standard InChI is InChI=1S/C17H17N5O2S/c1-13-5-4-7-15(11-13)25(23,24)22-17-9-8-16(20-21-17)19-12-14-6-2-3-10-18-14/h2-11H,12H2,1H3,(H,19,20)(H,21,22). The van der Waals surface area contributed by atoms with Gasteiger partial charge in [-0.15, -0.1) is 10.2 Å². The van der Waals surface area contributed by atoms with E-state index in [4.69, 9.17) is 0 Å². The Labute approximate surface area is 146 Å². The molecule has 0 aliphatic heterocycles. The smallest absolute Gasteiger partial charge is 0.263 e. The number of aromatic nitrogens is 3. The molecule has 0 amide bonds. The summed E-state index contributed by atoms with van der Waals surface area (Å²) in [6, 6.07) is 15.5. The fourth-order valence-electron chi connectivity index (χ4n) is 2.14. The zero-order chi connectivity index (χ0) is 17.7. The van der Waals surface area contributed by atoms with Crippen LogP contribution in [0.3, 0.4) is 0 Å². The first-order valence-corrected chi connectivity index (χ1v) is 9.08. The van der Waals surface area contributed by atoms with Gasteiger partial charge in [0.1, 0.15) is 5.82 Å². The highest BCUT2D eigenvalue weighted by Crippen LogP contribution is 2.16. The van der Waals surface area contributed by atoms with Crippen LogP contribution >= 0.6 is 0 Å². The van der Waals surface area contributed by atoms with E-state index in [1.165, 1.54) is 6.07 Å². The number of sulfonamides is 1. The molecule has 2 heterocycles. The van der Waals surface area contributed by atoms with Gasteiger partial charge in [-0.3, -0.25) is 9.71 Å². The van der Waals surface area contributed by atoms with Gasteiger partial charge in [0.05, 0.1) is 17.1 Å². The van der Waals surface area contributed by atoms with Crippen LogP contribution in [0, 0.1) is 6.92 Å². The monoisotopic (exact) mass is 355 g/mol. The molecule has 0 unspecified atom stereocenters. The molecule has 128 valence electrons. The van der Waals surface area contributed by atoms with Crippen molar-refractivity contribution in [1.82, 2.24) is 15.2 Å². The molecule has 7 nitrogen and oxygen atoms in total. The molecule has 0 aliphatic carbocycles. The van der Waals surface area contributed by atoms with Crippen molar-refractivity contribution in [3.8, 4) is 0 Å². The minimum atomic E-state index is -3.69. The van der Waals surface area contributed by atoms with Gasteiger partial charge in [-0.25, -0.2) is 8.42 Å². The Kier molecular flexibility index (Phi) is 4.90. The Morgan fingerprint density at radius 2 is 1.76 bits per heavy atom. The minimum absolute atomic E-state index is 0.157. The number of nitrogens with one attached hydrogen (secondary N) is 2. The Balaban J connectivity index is 1.66. The van der Waals surface area contributed by atoms with Gasteiger partial charge in [-0.2, -0.15) is 0 Å². The molecule has 0 saturated heterocycles. The van der Waals surface area contributed by atoms with Gasteiger partial charge in [0, 0.05) is 6.20 Å². The van der Waals surface area contributed by atoms with Gasteiger partial charge in [0.15, 0.2) is 5.82 Å². The zero-order valence-corrected chi connectivity index (χ0v) is 14.4. The van der Waals surface area contributed by atoms with Crippen molar-refractivity contribution in [2.45, 2.75) is 18.4 Å². The molecular weight excluding hydrogens is 338 g/mol. The first-order valence-electron chi connectivity index (χ1n) is 7.60. The van der Waals surface area contributed by atoms with Crippen molar-refractivity contribution < 1.29 is 8.42 Å². The molecule has 2 aromatic heterocycles. The SMILES string of the molecule is Cc1cccc(S(=O)(=O)Nc2ccc(NCc3ccccn3)nn2)c1. The Morgan fingerprint density at radius 1 is 0.960 bits per heavy atom. The lowest BCUT2D eigenvalue weighted by atomic mass is 10.2. The third-order valence-corrected chi connectivity index (χ3v) is 4.73. The molecule has 8 heteroatoms. The highest BCUT2D eigenvalue weighted by atomic mass is 32.2. The summed E-state index contributed by atoms with van der Waals surface area (Å²) in [4.78, 5) is 4.38. The van der Waals surface area contributed by atoms with Crippen molar-refractivity contribution >= 4 is 21.7 Å². The maximum absolute atomic E-state index is 12.3. The highest BCUT2D eigenvalue weighted by molar-refractivity contribution is 7.92. The van der Waals surface area contributed by atoms with E-state index in [9.17, 15) is 8.42 Å².